The largest absolute Gasteiger partial charge is 0.306 e. The van der Waals surface area contributed by atoms with E-state index in [2.05, 4.69) is 0 Å². The molecule has 0 heterocycles. The van der Waals surface area contributed by atoms with Crippen LogP contribution < -0.4 is 0 Å². The van der Waals surface area contributed by atoms with Gasteiger partial charge in [-0.05, 0) is 24.0 Å². The van der Waals surface area contributed by atoms with Crippen LogP contribution in [-0.4, -0.2) is 14.7 Å². The summed E-state index contributed by atoms with van der Waals surface area (Å²) in [6.45, 7) is 0. The van der Waals surface area contributed by atoms with Crippen molar-refractivity contribution in [3.05, 3.63) is 29.8 Å². The van der Waals surface area contributed by atoms with Gasteiger partial charge in [0, 0.05) is 4.90 Å². The second-order valence-electron chi connectivity index (χ2n) is 2.53. The van der Waals surface area contributed by atoms with E-state index in [0.29, 0.717) is 5.56 Å². The highest BCUT2D eigenvalue weighted by atomic mass is 32.3. The Morgan fingerprint density at radius 3 is 2.69 bits per heavy atom. The highest BCUT2D eigenvalue weighted by Crippen LogP contribution is 2.17. The molecule has 0 saturated carbocycles. The Balaban J connectivity index is 2.90. The Kier molecular flexibility index (Phi) is 3.33. The maximum absolute atomic E-state index is 12.3. The van der Waals surface area contributed by atoms with Crippen molar-refractivity contribution in [2.24, 2.45) is 0 Å². The number of benzene rings is 1. The number of halogens is 1. The lowest BCUT2D eigenvalue weighted by atomic mass is 10.2. The molecule has 0 aromatic heterocycles. The van der Waals surface area contributed by atoms with E-state index in [1.807, 2.05) is 12.3 Å². The first-order valence-electron chi connectivity index (χ1n) is 3.56. The van der Waals surface area contributed by atoms with Crippen molar-refractivity contribution in [1.82, 2.24) is 0 Å². The van der Waals surface area contributed by atoms with Gasteiger partial charge in [-0.25, -0.2) is 0 Å². The topological polar surface area (TPSA) is 34.1 Å². The van der Waals surface area contributed by atoms with Gasteiger partial charge in [0.05, 0.1) is 0 Å². The summed E-state index contributed by atoms with van der Waals surface area (Å²) in [7, 11) is -4.41. The van der Waals surface area contributed by atoms with Crippen LogP contribution in [0.15, 0.2) is 29.2 Å². The molecule has 0 spiro atoms. The van der Waals surface area contributed by atoms with Crippen LogP contribution in [0.25, 0.3) is 0 Å². The molecule has 0 N–H and O–H groups in total. The molecule has 0 atom stereocenters. The Hall–Kier alpha value is -0.550. The molecule has 0 saturated heterocycles. The molecular weight excluding hydrogens is 211 g/mol. The first-order chi connectivity index (χ1) is 6.01. The van der Waals surface area contributed by atoms with Crippen molar-refractivity contribution < 1.29 is 12.3 Å². The predicted octanol–water partition coefficient (Wildman–Crippen LogP) is 2.21. The fraction of sp³-hybridized carbons (Fsp3) is 0.250. The lowest BCUT2D eigenvalue weighted by Gasteiger charge is -1.99. The fourth-order valence-corrected chi connectivity index (χ4v) is 2.02. The highest BCUT2D eigenvalue weighted by molar-refractivity contribution is 7.98. The minimum absolute atomic E-state index is 0.481. The van der Waals surface area contributed by atoms with E-state index in [-0.39, 0.29) is 0 Å². The minimum Gasteiger partial charge on any atom is -0.194 e. The maximum Gasteiger partial charge on any atom is 0.306 e. The van der Waals surface area contributed by atoms with Crippen LogP contribution in [0.4, 0.5) is 3.89 Å². The van der Waals surface area contributed by atoms with Crippen LogP contribution >= 0.6 is 11.8 Å². The zero-order valence-corrected chi connectivity index (χ0v) is 8.66. The molecule has 13 heavy (non-hydrogen) atoms. The van der Waals surface area contributed by atoms with E-state index >= 15 is 0 Å². The molecule has 0 unspecified atom stereocenters. The average molecular weight is 220 g/mol. The molecule has 5 heteroatoms. The standard InChI is InChI=1S/C8H9FO2S2/c1-12-8-4-2-3-7(5-8)6-13(9,10)11/h2-5H,6H2,1H3. The Labute approximate surface area is 81.4 Å². The zero-order valence-electron chi connectivity index (χ0n) is 7.03. The molecule has 0 amide bonds. The molecule has 0 radical (unpaired) electrons. The molecule has 2 nitrogen and oxygen atoms in total. The molecule has 0 bridgehead atoms. The molecule has 0 aliphatic heterocycles. The quantitative estimate of drug-likeness (QED) is 0.578. The first-order valence-corrected chi connectivity index (χ1v) is 6.34. The van der Waals surface area contributed by atoms with Gasteiger partial charge in [-0.15, -0.1) is 15.6 Å². The van der Waals surface area contributed by atoms with Crippen LogP contribution in [0, 0.1) is 0 Å². The summed E-state index contributed by atoms with van der Waals surface area (Å²) in [4.78, 5) is 0.932. The third-order valence-electron chi connectivity index (χ3n) is 1.47. The van der Waals surface area contributed by atoms with Gasteiger partial charge in [0.15, 0.2) is 0 Å². The van der Waals surface area contributed by atoms with Crippen LogP contribution in [0.2, 0.25) is 0 Å². The van der Waals surface area contributed by atoms with Crippen LogP contribution in [0.5, 0.6) is 0 Å². The third-order valence-corrected chi connectivity index (χ3v) is 2.88. The minimum atomic E-state index is -4.41. The van der Waals surface area contributed by atoms with Crippen molar-refractivity contribution >= 4 is 22.0 Å². The summed E-state index contributed by atoms with van der Waals surface area (Å²) < 4.78 is 32.9. The summed E-state index contributed by atoms with van der Waals surface area (Å²) in [6.07, 6.45) is 1.88. The lowest BCUT2D eigenvalue weighted by Crippen LogP contribution is -1.95. The third kappa shape index (κ3) is 3.78. The van der Waals surface area contributed by atoms with Crippen LogP contribution in [0.1, 0.15) is 5.56 Å². The van der Waals surface area contributed by atoms with E-state index in [1.165, 1.54) is 11.8 Å². The van der Waals surface area contributed by atoms with E-state index in [1.54, 1.807) is 18.2 Å². The number of hydrogen-bond acceptors (Lipinski definition) is 3. The van der Waals surface area contributed by atoms with Crippen molar-refractivity contribution in [1.29, 1.82) is 0 Å². The Morgan fingerprint density at radius 1 is 1.46 bits per heavy atom. The number of rotatable bonds is 3. The van der Waals surface area contributed by atoms with Crippen molar-refractivity contribution in [3.63, 3.8) is 0 Å². The molecular formula is C8H9FO2S2. The molecule has 0 aliphatic carbocycles. The van der Waals surface area contributed by atoms with E-state index in [0.717, 1.165) is 4.90 Å². The second-order valence-corrected chi connectivity index (χ2v) is 4.78. The number of hydrogen-bond donors (Lipinski definition) is 0. The monoisotopic (exact) mass is 220 g/mol. The smallest absolute Gasteiger partial charge is 0.194 e. The normalized spacial score (nSPS) is 11.5. The van der Waals surface area contributed by atoms with E-state index < -0.39 is 16.0 Å². The molecule has 1 rings (SSSR count). The van der Waals surface area contributed by atoms with Gasteiger partial charge in [-0.1, -0.05) is 12.1 Å². The Bertz CT molecular complexity index is 387. The van der Waals surface area contributed by atoms with Gasteiger partial charge in [-0.2, -0.15) is 8.42 Å². The van der Waals surface area contributed by atoms with Crippen LogP contribution in [0.3, 0.4) is 0 Å². The molecule has 1 aromatic rings. The predicted molar refractivity (Wildman–Crippen MR) is 52.0 cm³/mol. The van der Waals surface area contributed by atoms with Crippen molar-refractivity contribution in [3.8, 4) is 0 Å². The Morgan fingerprint density at radius 2 is 2.15 bits per heavy atom. The molecule has 1 aromatic carbocycles. The van der Waals surface area contributed by atoms with Gasteiger partial charge in [-0.3, -0.25) is 0 Å². The van der Waals surface area contributed by atoms with Gasteiger partial charge < -0.3 is 0 Å². The summed E-state index contributed by atoms with van der Waals surface area (Å²) in [5, 5.41) is 0. The summed E-state index contributed by atoms with van der Waals surface area (Å²) in [6, 6.07) is 6.82. The summed E-state index contributed by atoms with van der Waals surface area (Å²) in [5.74, 6) is -0.540. The first kappa shape index (κ1) is 10.5. The van der Waals surface area contributed by atoms with Gasteiger partial charge in [0.25, 0.3) is 0 Å². The molecule has 0 aliphatic rings. The second kappa shape index (κ2) is 4.11. The highest BCUT2D eigenvalue weighted by Gasteiger charge is 2.08. The van der Waals surface area contributed by atoms with Crippen molar-refractivity contribution in [2.45, 2.75) is 10.6 Å². The van der Waals surface area contributed by atoms with Crippen LogP contribution in [-0.2, 0) is 16.0 Å². The van der Waals surface area contributed by atoms with E-state index in [4.69, 9.17) is 0 Å². The van der Waals surface area contributed by atoms with Gasteiger partial charge in [0.2, 0.25) is 0 Å². The lowest BCUT2D eigenvalue weighted by molar-refractivity contribution is 0.551. The number of thioether (sulfide) groups is 1. The fourth-order valence-electron chi connectivity index (χ4n) is 0.961. The maximum atomic E-state index is 12.3. The van der Waals surface area contributed by atoms with Crippen molar-refractivity contribution in [2.75, 3.05) is 6.26 Å². The summed E-state index contributed by atoms with van der Waals surface area (Å²) in [5.41, 5.74) is 0.481. The molecule has 0 fully saturated rings. The zero-order chi connectivity index (χ0) is 9.90. The average Bonchev–Trinajstić information content (AvgIpc) is 2.01. The summed E-state index contributed by atoms with van der Waals surface area (Å²) >= 11 is 1.49. The van der Waals surface area contributed by atoms with Gasteiger partial charge in [0.1, 0.15) is 5.75 Å². The van der Waals surface area contributed by atoms with Gasteiger partial charge >= 0.3 is 10.2 Å². The SMILES string of the molecule is CSc1cccc(CS(=O)(=O)F)c1. The van der Waals surface area contributed by atoms with E-state index in [9.17, 15) is 12.3 Å². The molecule has 72 valence electrons.